The number of aromatic nitrogens is 2. The standard InChI is InChI=1S/C18H22ClN3O4/c1-10-16(11(2)22(5)21-10)20-17(23)12(3)26-18(24)13(4)25-15-8-6-7-14(19)9-15/h6-9,12-13H,1-5H3,(H,20,23). The van der Waals surface area contributed by atoms with Crippen molar-refractivity contribution in [2.75, 3.05) is 5.32 Å². The molecule has 0 saturated heterocycles. The summed E-state index contributed by atoms with van der Waals surface area (Å²) in [6, 6.07) is 6.69. The number of benzene rings is 1. The van der Waals surface area contributed by atoms with Crippen LogP contribution in [-0.2, 0) is 21.4 Å². The normalized spacial score (nSPS) is 13.0. The van der Waals surface area contributed by atoms with Gasteiger partial charge in [-0.3, -0.25) is 9.48 Å². The third-order valence-electron chi connectivity index (χ3n) is 3.86. The zero-order valence-electron chi connectivity index (χ0n) is 15.4. The summed E-state index contributed by atoms with van der Waals surface area (Å²) in [5.74, 6) is -0.638. The van der Waals surface area contributed by atoms with Gasteiger partial charge in [0.25, 0.3) is 5.91 Å². The van der Waals surface area contributed by atoms with E-state index in [2.05, 4.69) is 10.4 Å². The van der Waals surface area contributed by atoms with Crippen LogP contribution in [0.3, 0.4) is 0 Å². The minimum Gasteiger partial charge on any atom is -0.479 e. The van der Waals surface area contributed by atoms with Gasteiger partial charge in [-0.15, -0.1) is 0 Å². The number of ether oxygens (including phenoxy) is 2. The molecule has 0 radical (unpaired) electrons. The van der Waals surface area contributed by atoms with Crippen molar-refractivity contribution in [3.05, 3.63) is 40.7 Å². The second-order valence-corrected chi connectivity index (χ2v) is 6.39. The molecular formula is C18H22ClN3O4. The smallest absolute Gasteiger partial charge is 0.347 e. The molecule has 0 bridgehead atoms. The SMILES string of the molecule is Cc1nn(C)c(C)c1NC(=O)C(C)OC(=O)C(C)Oc1cccc(Cl)c1. The Bertz CT molecular complexity index is 819. The molecule has 0 aliphatic heterocycles. The molecule has 2 atom stereocenters. The van der Waals surface area contributed by atoms with Crippen LogP contribution in [0.2, 0.25) is 5.02 Å². The van der Waals surface area contributed by atoms with E-state index in [1.165, 1.54) is 6.92 Å². The van der Waals surface area contributed by atoms with E-state index >= 15 is 0 Å². The molecule has 0 aliphatic rings. The van der Waals surface area contributed by atoms with E-state index in [1.54, 1.807) is 49.8 Å². The van der Waals surface area contributed by atoms with E-state index in [-0.39, 0.29) is 0 Å². The summed E-state index contributed by atoms with van der Waals surface area (Å²) in [5.41, 5.74) is 2.12. The van der Waals surface area contributed by atoms with Crippen molar-refractivity contribution >= 4 is 29.2 Å². The Balaban J connectivity index is 1.94. The molecule has 1 heterocycles. The van der Waals surface area contributed by atoms with Crippen LogP contribution in [0, 0.1) is 13.8 Å². The molecule has 1 amide bonds. The molecule has 140 valence electrons. The number of hydrogen-bond acceptors (Lipinski definition) is 5. The number of rotatable bonds is 6. The van der Waals surface area contributed by atoms with Gasteiger partial charge in [0.1, 0.15) is 5.75 Å². The maximum absolute atomic E-state index is 12.3. The van der Waals surface area contributed by atoms with Gasteiger partial charge in [0.05, 0.1) is 17.1 Å². The quantitative estimate of drug-likeness (QED) is 0.780. The third-order valence-corrected chi connectivity index (χ3v) is 4.10. The van der Waals surface area contributed by atoms with E-state index in [9.17, 15) is 9.59 Å². The second-order valence-electron chi connectivity index (χ2n) is 5.96. The Hall–Kier alpha value is -2.54. The van der Waals surface area contributed by atoms with Crippen LogP contribution in [-0.4, -0.2) is 33.9 Å². The number of halogens is 1. The van der Waals surface area contributed by atoms with Crippen molar-refractivity contribution in [2.24, 2.45) is 7.05 Å². The highest BCUT2D eigenvalue weighted by atomic mass is 35.5. The average molecular weight is 380 g/mol. The summed E-state index contributed by atoms with van der Waals surface area (Å²) >= 11 is 5.88. The maximum Gasteiger partial charge on any atom is 0.347 e. The lowest BCUT2D eigenvalue weighted by Crippen LogP contribution is -2.35. The van der Waals surface area contributed by atoms with Crippen LogP contribution in [0.1, 0.15) is 25.2 Å². The maximum atomic E-state index is 12.3. The van der Waals surface area contributed by atoms with Crippen molar-refractivity contribution in [2.45, 2.75) is 39.9 Å². The highest BCUT2D eigenvalue weighted by Crippen LogP contribution is 2.20. The zero-order valence-corrected chi connectivity index (χ0v) is 16.1. The highest BCUT2D eigenvalue weighted by Gasteiger charge is 2.24. The summed E-state index contributed by atoms with van der Waals surface area (Å²) < 4.78 is 12.4. The fourth-order valence-corrected chi connectivity index (χ4v) is 2.48. The molecule has 0 fully saturated rings. The monoisotopic (exact) mass is 379 g/mol. The molecule has 1 N–H and O–H groups in total. The minimum absolute atomic E-state index is 0.437. The van der Waals surface area contributed by atoms with Gasteiger partial charge in [-0.2, -0.15) is 5.10 Å². The fourth-order valence-electron chi connectivity index (χ4n) is 2.30. The number of nitrogens with zero attached hydrogens (tertiary/aromatic N) is 2. The lowest BCUT2D eigenvalue weighted by Gasteiger charge is -2.18. The molecule has 0 aliphatic carbocycles. The fraction of sp³-hybridized carbons (Fsp3) is 0.389. The molecule has 7 nitrogen and oxygen atoms in total. The summed E-state index contributed by atoms with van der Waals surface area (Å²) in [4.78, 5) is 24.5. The van der Waals surface area contributed by atoms with Crippen LogP contribution in [0.4, 0.5) is 5.69 Å². The first-order valence-electron chi connectivity index (χ1n) is 8.12. The van der Waals surface area contributed by atoms with Crippen LogP contribution in [0.15, 0.2) is 24.3 Å². The largest absolute Gasteiger partial charge is 0.479 e. The number of carbonyl (C=O) groups is 2. The van der Waals surface area contributed by atoms with Crippen LogP contribution in [0.25, 0.3) is 0 Å². The van der Waals surface area contributed by atoms with Gasteiger partial charge in [0.2, 0.25) is 0 Å². The lowest BCUT2D eigenvalue weighted by atomic mass is 10.3. The molecule has 0 spiro atoms. The highest BCUT2D eigenvalue weighted by molar-refractivity contribution is 6.30. The van der Waals surface area contributed by atoms with Gasteiger partial charge in [0, 0.05) is 12.1 Å². The predicted molar refractivity (Wildman–Crippen MR) is 98.4 cm³/mol. The van der Waals surface area contributed by atoms with E-state index in [0.29, 0.717) is 22.2 Å². The van der Waals surface area contributed by atoms with Crippen molar-refractivity contribution < 1.29 is 19.1 Å². The number of nitrogens with one attached hydrogen (secondary N) is 1. The van der Waals surface area contributed by atoms with E-state index in [1.807, 2.05) is 6.92 Å². The molecule has 2 rings (SSSR count). The van der Waals surface area contributed by atoms with Crippen molar-refractivity contribution in [1.82, 2.24) is 9.78 Å². The molecule has 2 unspecified atom stereocenters. The van der Waals surface area contributed by atoms with Gasteiger partial charge < -0.3 is 14.8 Å². The molecule has 1 aromatic heterocycles. The first-order valence-corrected chi connectivity index (χ1v) is 8.50. The van der Waals surface area contributed by atoms with Crippen molar-refractivity contribution in [3.63, 3.8) is 0 Å². The number of anilines is 1. The Morgan fingerprint density at radius 3 is 2.50 bits per heavy atom. The lowest BCUT2D eigenvalue weighted by molar-refractivity contribution is -0.159. The van der Waals surface area contributed by atoms with Gasteiger partial charge in [-0.1, -0.05) is 17.7 Å². The van der Waals surface area contributed by atoms with Crippen molar-refractivity contribution in [3.8, 4) is 5.75 Å². The molecule has 26 heavy (non-hydrogen) atoms. The summed E-state index contributed by atoms with van der Waals surface area (Å²) in [7, 11) is 1.79. The minimum atomic E-state index is -0.980. The molecule has 1 aromatic carbocycles. The molecular weight excluding hydrogens is 358 g/mol. The second kappa shape index (κ2) is 8.23. The topological polar surface area (TPSA) is 82.5 Å². The Morgan fingerprint density at radius 2 is 1.92 bits per heavy atom. The average Bonchev–Trinajstić information content (AvgIpc) is 2.80. The van der Waals surface area contributed by atoms with E-state index in [4.69, 9.17) is 21.1 Å². The number of hydrogen-bond donors (Lipinski definition) is 1. The summed E-state index contributed by atoms with van der Waals surface area (Å²) in [6.45, 7) is 6.68. The number of aryl methyl sites for hydroxylation is 2. The van der Waals surface area contributed by atoms with Crippen LogP contribution in [0.5, 0.6) is 5.75 Å². The Labute approximate surface area is 157 Å². The summed E-state index contributed by atoms with van der Waals surface area (Å²) in [5, 5.41) is 7.47. The summed E-state index contributed by atoms with van der Waals surface area (Å²) in [6.07, 6.45) is -1.86. The van der Waals surface area contributed by atoms with Crippen molar-refractivity contribution in [1.29, 1.82) is 0 Å². The van der Waals surface area contributed by atoms with E-state index < -0.39 is 24.1 Å². The van der Waals surface area contributed by atoms with Gasteiger partial charge >= 0.3 is 5.97 Å². The van der Waals surface area contributed by atoms with E-state index in [0.717, 1.165) is 5.69 Å². The van der Waals surface area contributed by atoms with Crippen LogP contribution < -0.4 is 10.1 Å². The number of amides is 1. The first kappa shape index (κ1) is 19.8. The van der Waals surface area contributed by atoms with Gasteiger partial charge in [-0.25, -0.2) is 4.79 Å². The number of carbonyl (C=O) groups excluding carboxylic acids is 2. The zero-order chi connectivity index (χ0) is 19.4. The van der Waals surface area contributed by atoms with Gasteiger partial charge in [-0.05, 0) is 45.9 Å². The third kappa shape index (κ3) is 4.76. The van der Waals surface area contributed by atoms with Crippen LogP contribution >= 0.6 is 11.6 Å². The molecule has 0 saturated carbocycles. The first-order chi connectivity index (χ1) is 12.2. The Kier molecular flexibility index (Phi) is 6.26. The number of esters is 1. The Morgan fingerprint density at radius 1 is 1.23 bits per heavy atom. The molecule has 2 aromatic rings. The predicted octanol–water partition coefficient (Wildman–Crippen LogP) is 3.03. The molecule has 8 heteroatoms. The van der Waals surface area contributed by atoms with Gasteiger partial charge in [0.15, 0.2) is 12.2 Å².